The van der Waals surface area contributed by atoms with Crippen LogP contribution in [0, 0.1) is 27.7 Å². The number of hydrogen-bond acceptors (Lipinski definition) is 2. The van der Waals surface area contributed by atoms with Crippen LogP contribution in [-0.2, 0) is 7.05 Å². The van der Waals surface area contributed by atoms with Gasteiger partial charge in [-0.2, -0.15) is 0 Å². The van der Waals surface area contributed by atoms with Gasteiger partial charge in [0.15, 0.2) is 5.65 Å². The lowest BCUT2D eigenvalue weighted by Crippen LogP contribution is -1.96. The third-order valence-electron chi connectivity index (χ3n) is 3.02. The molecule has 0 saturated heterocycles. The number of rotatable bonds is 0. The Morgan fingerprint density at radius 2 is 1.57 bits per heavy atom. The Labute approximate surface area is 83.8 Å². The molecule has 0 radical (unpaired) electrons. The molecule has 0 aliphatic carbocycles. The van der Waals surface area contributed by atoms with E-state index in [1.54, 1.807) is 0 Å². The first kappa shape index (κ1) is 9.19. The Hall–Kier alpha value is -1.38. The Balaban J connectivity index is 2.98. The lowest BCUT2D eigenvalue weighted by Gasteiger charge is -2.04. The first-order valence-electron chi connectivity index (χ1n) is 4.79. The maximum atomic E-state index is 4.56. The minimum Gasteiger partial charge on any atom is -0.316 e. The van der Waals surface area contributed by atoms with Crippen LogP contribution >= 0.6 is 0 Å². The zero-order valence-electron chi connectivity index (χ0n) is 9.34. The van der Waals surface area contributed by atoms with Crippen molar-refractivity contribution >= 4 is 11.2 Å². The van der Waals surface area contributed by atoms with E-state index in [1.165, 1.54) is 11.1 Å². The molecule has 2 heterocycles. The molecule has 3 heteroatoms. The second kappa shape index (κ2) is 2.80. The molecule has 74 valence electrons. The van der Waals surface area contributed by atoms with E-state index >= 15 is 0 Å². The van der Waals surface area contributed by atoms with Crippen LogP contribution in [0.5, 0.6) is 0 Å². The van der Waals surface area contributed by atoms with Crippen molar-refractivity contribution in [2.75, 3.05) is 0 Å². The molecular formula is C11H15N3. The summed E-state index contributed by atoms with van der Waals surface area (Å²) in [6, 6.07) is 0. The molecule has 0 aromatic carbocycles. The summed E-state index contributed by atoms with van der Waals surface area (Å²) < 4.78 is 2.04. The smallest absolute Gasteiger partial charge is 0.160 e. The summed E-state index contributed by atoms with van der Waals surface area (Å²) in [5, 5.41) is 0. The molecule has 3 nitrogen and oxygen atoms in total. The van der Waals surface area contributed by atoms with Gasteiger partial charge >= 0.3 is 0 Å². The van der Waals surface area contributed by atoms with Crippen molar-refractivity contribution in [3.8, 4) is 0 Å². The second-order valence-corrected chi connectivity index (χ2v) is 3.84. The molecule has 0 atom stereocenters. The summed E-state index contributed by atoms with van der Waals surface area (Å²) in [5.41, 5.74) is 5.61. The highest BCUT2D eigenvalue weighted by Gasteiger charge is 2.11. The number of nitrogens with zero attached hydrogens (tertiary/aromatic N) is 3. The van der Waals surface area contributed by atoms with Crippen molar-refractivity contribution in [2.24, 2.45) is 7.05 Å². The molecule has 2 aromatic rings. The topological polar surface area (TPSA) is 30.7 Å². The van der Waals surface area contributed by atoms with Gasteiger partial charge in [0.1, 0.15) is 11.3 Å². The van der Waals surface area contributed by atoms with Gasteiger partial charge in [-0.3, -0.25) is 0 Å². The number of aryl methyl sites for hydroxylation is 4. The maximum Gasteiger partial charge on any atom is 0.160 e. The zero-order chi connectivity index (χ0) is 10.5. The van der Waals surface area contributed by atoms with Gasteiger partial charge in [0.25, 0.3) is 0 Å². The van der Waals surface area contributed by atoms with Gasteiger partial charge in [-0.05, 0) is 38.8 Å². The predicted octanol–water partition coefficient (Wildman–Crippen LogP) is 2.20. The molecule has 0 saturated carbocycles. The van der Waals surface area contributed by atoms with Crippen molar-refractivity contribution in [2.45, 2.75) is 27.7 Å². The van der Waals surface area contributed by atoms with Crippen LogP contribution < -0.4 is 0 Å². The molecular weight excluding hydrogens is 174 g/mol. The van der Waals surface area contributed by atoms with Gasteiger partial charge in [-0.25, -0.2) is 9.97 Å². The molecule has 14 heavy (non-hydrogen) atoms. The quantitative estimate of drug-likeness (QED) is 0.636. The molecule has 0 unspecified atom stereocenters. The average molecular weight is 189 g/mol. The summed E-state index contributed by atoms with van der Waals surface area (Å²) in [6.07, 6.45) is 0. The first-order chi connectivity index (χ1) is 6.52. The van der Waals surface area contributed by atoms with Crippen molar-refractivity contribution in [1.82, 2.24) is 14.5 Å². The molecule has 0 fully saturated rings. The van der Waals surface area contributed by atoms with E-state index in [9.17, 15) is 0 Å². The van der Waals surface area contributed by atoms with Crippen LogP contribution in [0.4, 0.5) is 0 Å². The van der Waals surface area contributed by atoms with Gasteiger partial charge in [0.2, 0.25) is 0 Å². The molecule has 0 aliphatic rings. The van der Waals surface area contributed by atoms with E-state index in [4.69, 9.17) is 0 Å². The highest BCUT2D eigenvalue weighted by molar-refractivity contribution is 5.77. The van der Waals surface area contributed by atoms with Crippen molar-refractivity contribution < 1.29 is 0 Å². The van der Waals surface area contributed by atoms with Crippen LogP contribution in [0.1, 0.15) is 22.6 Å². The molecule has 2 rings (SSSR count). The maximum absolute atomic E-state index is 4.56. The average Bonchev–Trinajstić information content (AvgIpc) is 2.42. The molecule has 0 amide bonds. The molecule has 0 bridgehead atoms. The van der Waals surface area contributed by atoms with Gasteiger partial charge in [-0.1, -0.05) is 0 Å². The van der Waals surface area contributed by atoms with E-state index < -0.39 is 0 Å². The zero-order valence-corrected chi connectivity index (χ0v) is 9.34. The van der Waals surface area contributed by atoms with E-state index in [2.05, 4.69) is 23.8 Å². The highest BCUT2D eigenvalue weighted by Crippen LogP contribution is 2.21. The Morgan fingerprint density at radius 1 is 0.929 bits per heavy atom. The number of imidazole rings is 1. The Kier molecular flexibility index (Phi) is 1.84. The molecule has 0 spiro atoms. The van der Waals surface area contributed by atoms with Crippen LogP contribution in [-0.4, -0.2) is 14.5 Å². The van der Waals surface area contributed by atoms with Crippen LogP contribution in [0.2, 0.25) is 0 Å². The normalized spacial score (nSPS) is 11.2. The molecule has 2 aromatic heterocycles. The fourth-order valence-corrected chi connectivity index (χ4v) is 1.67. The van der Waals surface area contributed by atoms with E-state index in [0.29, 0.717) is 0 Å². The van der Waals surface area contributed by atoms with E-state index in [1.807, 2.05) is 25.5 Å². The summed E-state index contributed by atoms with van der Waals surface area (Å²) in [4.78, 5) is 9.07. The number of pyridine rings is 1. The second-order valence-electron chi connectivity index (χ2n) is 3.84. The fourth-order valence-electron chi connectivity index (χ4n) is 1.67. The van der Waals surface area contributed by atoms with Crippen molar-refractivity contribution in [3.63, 3.8) is 0 Å². The lowest BCUT2D eigenvalue weighted by molar-refractivity contribution is 0.871. The monoisotopic (exact) mass is 189 g/mol. The predicted molar refractivity (Wildman–Crippen MR) is 57.5 cm³/mol. The number of aromatic nitrogens is 3. The van der Waals surface area contributed by atoms with Gasteiger partial charge < -0.3 is 4.57 Å². The Bertz CT molecular complexity index is 509. The summed E-state index contributed by atoms with van der Waals surface area (Å²) in [6.45, 7) is 8.26. The lowest BCUT2D eigenvalue weighted by atomic mass is 10.1. The Morgan fingerprint density at radius 3 is 2.21 bits per heavy atom. The molecule has 0 N–H and O–H groups in total. The largest absolute Gasteiger partial charge is 0.316 e. The van der Waals surface area contributed by atoms with Gasteiger partial charge in [-0.15, -0.1) is 0 Å². The van der Waals surface area contributed by atoms with Crippen molar-refractivity contribution in [1.29, 1.82) is 0 Å². The SMILES string of the molecule is Cc1nc2c(nc(C)n2C)c(C)c1C. The van der Waals surface area contributed by atoms with Crippen LogP contribution in [0.15, 0.2) is 0 Å². The van der Waals surface area contributed by atoms with Crippen molar-refractivity contribution in [3.05, 3.63) is 22.6 Å². The summed E-state index contributed by atoms with van der Waals surface area (Å²) in [5.74, 6) is 1.01. The summed E-state index contributed by atoms with van der Waals surface area (Å²) in [7, 11) is 2.01. The highest BCUT2D eigenvalue weighted by atomic mass is 15.1. The van der Waals surface area contributed by atoms with Gasteiger partial charge in [0, 0.05) is 12.7 Å². The van der Waals surface area contributed by atoms with Crippen LogP contribution in [0.3, 0.4) is 0 Å². The summed E-state index contributed by atoms with van der Waals surface area (Å²) >= 11 is 0. The van der Waals surface area contributed by atoms with E-state index in [-0.39, 0.29) is 0 Å². The minimum absolute atomic E-state index is 0.989. The third kappa shape index (κ3) is 1.05. The van der Waals surface area contributed by atoms with Gasteiger partial charge in [0.05, 0.1) is 0 Å². The first-order valence-corrected chi connectivity index (χ1v) is 4.79. The number of fused-ring (bicyclic) bond motifs is 1. The third-order valence-corrected chi connectivity index (χ3v) is 3.02. The van der Waals surface area contributed by atoms with E-state index in [0.717, 1.165) is 22.7 Å². The molecule has 0 aliphatic heterocycles. The van der Waals surface area contributed by atoms with Crippen LogP contribution in [0.25, 0.3) is 11.2 Å². The number of hydrogen-bond donors (Lipinski definition) is 0. The minimum atomic E-state index is 0.989. The fraction of sp³-hybridized carbons (Fsp3) is 0.455. The standard InChI is InChI=1S/C11H15N3/c1-6-7(2)10-11(12-8(6)3)14(5)9(4)13-10/h1-5H3.